The van der Waals surface area contributed by atoms with Gasteiger partial charge in [0.15, 0.2) is 0 Å². The number of anilines is 1. The van der Waals surface area contributed by atoms with Crippen LogP contribution >= 0.6 is 11.6 Å². The van der Waals surface area contributed by atoms with Crippen LogP contribution in [0.15, 0.2) is 54.6 Å². The van der Waals surface area contributed by atoms with E-state index in [1.165, 1.54) is 0 Å². The molecule has 6 heteroatoms. The van der Waals surface area contributed by atoms with Gasteiger partial charge in [0.2, 0.25) is 5.91 Å². The van der Waals surface area contributed by atoms with Gasteiger partial charge in [0.25, 0.3) is 0 Å². The van der Waals surface area contributed by atoms with Crippen molar-refractivity contribution in [1.29, 1.82) is 0 Å². The summed E-state index contributed by atoms with van der Waals surface area (Å²) in [7, 11) is 0. The minimum absolute atomic E-state index is 0.0444. The molecular formula is C23H29ClN2O3. The Kier molecular flexibility index (Phi) is 8.07. The highest BCUT2D eigenvalue weighted by Crippen LogP contribution is 2.21. The number of aliphatic hydroxyl groups is 1. The molecule has 156 valence electrons. The van der Waals surface area contributed by atoms with Gasteiger partial charge in [-0.05, 0) is 56.1 Å². The van der Waals surface area contributed by atoms with Crippen molar-refractivity contribution in [1.82, 2.24) is 4.90 Å². The van der Waals surface area contributed by atoms with Gasteiger partial charge in [-0.15, -0.1) is 0 Å². The predicted molar refractivity (Wildman–Crippen MR) is 116 cm³/mol. The van der Waals surface area contributed by atoms with Crippen molar-refractivity contribution in [2.24, 2.45) is 5.92 Å². The van der Waals surface area contributed by atoms with Crippen LogP contribution in [0.1, 0.15) is 31.4 Å². The molecule has 0 unspecified atom stereocenters. The zero-order valence-electron chi connectivity index (χ0n) is 16.8. The number of hydrogen-bond donors (Lipinski definition) is 2. The number of piperidine rings is 1. The van der Waals surface area contributed by atoms with E-state index in [1.807, 2.05) is 61.5 Å². The summed E-state index contributed by atoms with van der Waals surface area (Å²) in [4.78, 5) is 14.7. The van der Waals surface area contributed by atoms with Gasteiger partial charge < -0.3 is 15.2 Å². The minimum Gasteiger partial charge on any atom is -0.389 e. The van der Waals surface area contributed by atoms with Gasteiger partial charge in [-0.3, -0.25) is 9.69 Å². The number of halogens is 1. The van der Waals surface area contributed by atoms with Crippen molar-refractivity contribution >= 4 is 23.2 Å². The number of para-hydroxylation sites is 1. The standard InChI is InChI=1S/C23H29ClN2O3/c1-17(18-9-11-20(24)12-10-18)29-16-22(27)15-26-13-5-6-19(14-26)23(28)25-21-7-3-2-4-8-21/h2-4,7-12,17,19,22,27H,5-6,13-16H2,1H3,(H,25,28)/t17-,19-,22+/m0/s1. The van der Waals surface area contributed by atoms with Crippen molar-refractivity contribution in [3.8, 4) is 0 Å². The molecule has 2 aromatic carbocycles. The van der Waals surface area contributed by atoms with Crippen molar-refractivity contribution in [3.05, 3.63) is 65.2 Å². The van der Waals surface area contributed by atoms with E-state index in [-0.39, 0.29) is 24.5 Å². The Labute approximate surface area is 177 Å². The highest BCUT2D eigenvalue weighted by atomic mass is 35.5. The lowest BCUT2D eigenvalue weighted by Gasteiger charge is -2.33. The second-order valence-corrected chi connectivity index (χ2v) is 8.07. The zero-order chi connectivity index (χ0) is 20.6. The lowest BCUT2D eigenvalue weighted by atomic mass is 9.96. The third-order valence-corrected chi connectivity index (χ3v) is 5.52. The van der Waals surface area contributed by atoms with Gasteiger partial charge in [-0.1, -0.05) is 41.9 Å². The van der Waals surface area contributed by atoms with Crippen molar-refractivity contribution in [3.63, 3.8) is 0 Å². The molecule has 5 nitrogen and oxygen atoms in total. The largest absolute Gasteiger partial charge is 0.389 e. The summed E-state index contributed by atoms with van der Waals surface area (Å²) in [5, 5.41) is 14.1. The van der Waals surface area contributed by atoms with E-state index in [9.17, 15) is 9.90 Å². The molecule has 0 aromatic heterocycles. The molecule has 0 radical (unpaired) electrons. The van der Waals surface area contributed by atoms with Gasteiger partial charge in [-0.25, -0.2) is 0 Å². The maximum atomic E-state index is 12.6. The summed E-state index contributed by atoms with van der Waals surface area (Å²) in [6.45, 7) is 4.26. The number of benzene rings is 2. The summed E-state index contributed by atoms with van der Waals surface area (Å²) in [6.07, 6.45) is 1.10. The number of nitrogens with zero attached hydrogens (tertiary/aromatic N) is 1. The fourth-order valence-corrected chi connectivity index (χ4v) is 3.76. The molecule has 2 N–H and O–H groups in total. The lowest BCUT2D eigenvalue weighted by molar-refractivity contribution is -0.121. The number of carbonyl (C=O) groups excluding carboxylic acids is 1. The zero-order valence-corrected chi connectivity index (χ0v) is 17.5. The summed E-state index contributed by atoms with van der Waals surface area (Å²) >= 11 is 5.92. The summed E-state index contributed by atoms with van der Waals surface area (Å²) in [6, 6.07) is 17.1. The Balaban J connectivity index is 1.43. The van der Waals surface area contributed by atoms with E-state index in [1.54, 1.807) is 0 Å². The molecule has 3 atom stereocenters. The third kappa shape index (κ3) is 6.82. The molecule has 0 bridgehead atoms. The second kappa shape index (κ2) is 10.7. The third-order valence-electron chi connectivity index (χ3n) is 5.26. The Morgan fingerprint density at radius 3 is 2.69 bits per heavy atom. The Bertz CT molecular complexity index is 769. The van der Waals surface area contributed by atoms with Crippen LogP contribution in [0.3, 0.4) is 0 Å². The highest BCUT2D eigenvalue weighted by Gasteiger charge is 2.27. The number of rotatable bonds is 8. The normalized spacial score (nSPS) is 19.5. The number of aliphatic hydroxyl groups excluding tert-OH is 1. The van der Waals surface area contributed by atoms with Gasteiger partial charge >= 0.3 is 0 Å². The number of likely N-dealkylation sites (tertiary alicyclic amines) is 1. The SMILES string of the molecule is C[C@H](OC[C@H](O)CN1CCC[C@H](C(=O)Nc2ccccc2)C1)c1ccc(Cl)cc1. The molecule has 1 aliphatic heterocycles. The molecule has 2 aromatic rings. The molecule has 0 spiro atoms. The van der Waals surface area contributed by atoms with Crippen LogP contribution in [0.5, 0.6) is 0 Å². The Morgan fingerprint density at radius 1 is 1.24 bits per heavy atom. The number of hydrogen-bond acceptors (Lipinski definition) is 4. The average molecular weight is 417 g/mol. The van der Waals surface area contributed by atoms with Crippen molar-refractivity contribution in [2.45, 2.75) is 32.0 Å². The van der Waals surface area contributed by atoms with Gasteiger partial charge in [0.05, 0.1) is 24.7 Å². The van der Waals surface area contributed by atoms with Crippen LogP contribution in [0.4, 0.5) is 5.69 Å². The van der Waals surface area contributed by atoms with E-state index in [2.05, 4.69) is 10.2 Å². The summed E-state index contributed by atoms with van der Waals surface area (Å²) in [5.74, 6) is -0.0203. The van der Waals surface area contributed by atoms with Crippen molar-refractivity contribution in [2.75, 3.05) is 31.6 Å². The quantitative estimate of drug-likeness (QED) is 0.679. The van der Waals surface area contributed by atoms with E-state index >= 15 is 0 Å². The first kappa shape index (κ1) is 21.8. The minimum atomic E-state index is -0.597. The van der Waals surface area contributed by atoms with Crippen LogP contribution in [0.25, 0.3) is 0 Å². The fraction of sp³-hybridized carbons (Fsp3) is 0.435. The van der Waals surface area contributed by atoms with E-state index < -0.39 is 6.10 Å². The first-order chi connectivity index (χ1) is 14.0. The topological polar surface area (TPSA) is 61.8 Å². The summed E-state index contributed by atoms with van der Waals surface area (Å²) in [5.41, 5.74) is 1.84. The fourth-order valence-electron chi connectivity index (χ4n) is 3.64. The molecule has 1 aliphatic rings. The molecule has 1 heterocycles. The smallest absolute Gasteiger partial charge is 0.228 e. The first-order valence-electron chi connectivity index (χ1n) is 10.1. The maximum Gasteiger partial charge on any atom is 0.228 e. The van der Waals surface area contributed by atoms with Crippen LogP contribution in [0.2, 0.25) is 5.02 Å². The average Bonchev–Trinajstić information content (AvgIpc) is 2.73. The molecule has 29 heavy (non-hydrogen) atoms. The number of nitrogens with one attached hydrogen (secondary N) is 1. The van der Waals surface area contributed by atoms with E-state index in [0.717, 1.165) is 30.6 Å². The molecule has 3 rings (SSSR count). The number of ether oxygens (including phenoxy) is 1. The first-order valence-corrected chi connectivity index (χ1v) is 10.5. The van der Waals surface area contributed by atoms with Crippen LogP contribution < -0.4 is 5.32 Å². The summed E-state index contributed by atoms with van der Waals surface area (Å²) < 4.78 is 5.83. The maximum absolute atomic E-state index is 12.6. The highest BCUT2D eigenvalue weighted by molar-refractivity contribution is 6.30. The van der Waals surface area contributed by atoms with E-state index in [0.29, 0.717) is 18.1 Å². The molecule has 1 fully saturated rings. The second-order valence-electron chi connectivity index (χ2n) is 7.63. The van der Waals surface area contributed by atoms with Gasteiger partial charge in [-0.2, -0.15) is 0 Å². The Morgan fingerprint density at radius 2 is 1.97 bits per heavy atom. The van der Waals surface area contributed by atoms with Crippen LogP contribution in [-0.2, 0) is 9.53 Å². The Hall–Kier alpha value is -1.92. The van der Waals surface area contributed by atoms with E-state index in [4.69, 9.17) is 16.3 Å². The molecule has 1 amide bonds. The number of amides is 1. The van der Waals surface area contributed by atoms with Crippen molar-refractivity contribution < 1.29 is 14.6 Å². The lowest BCUT2D eigenvalue weighted by Crippen LogP contribution is -2.44. The molecule has 0 aliphatic carbocycles. The van der Waals surface area contributed by atoms with Gasteiger partial charge in [0.1, 0.15) is 0 Å². The number of carbonyl (C=O) groups is 1. The van der Waals surface area contributed by atoms with Gasteiger partial charge in [0, 0.05) is 23.8 Å². The number of β-amino-alcohol motifs (C(OH)–C–C–N with tert-alkyl or cyclic N) is 1. The molecule has 1 saturated heterocycles. The predicted octanol–water partition coefficient (Wildman–Crippen LogP) is 4.13. The molecule has 0 saturated carbocycles. The molecular weight excluding hydrogens is 388 g/mol. The monoisotopic (exact) mass is 416 g/mol. The van der Waals surface area contributed by atoms with Crippen LogP contribution in [0, 0.1) is 5.92 Å². The van der Waals surface area contributed by atoms with Crippen LogP contribution in [-0.4, -0.2) is 48.3 Å².